The van der Waals surface area contributed by atoms with Gasteiger partial charge in [-0.05, 0) is 5.54 Å². The van der Waals surface area contributed by atoms with Crippen LogP contribution in [0.5, 0.6) is 0 Å². The molecule has 2 heteroatoms. The van der Waals surface area contributed by atoms with Gasteiger partial charge in [0.1, 0.15) is 8.14 Å². The molecule has 0 radical (unpaired) electrons. The first kappa shape index (κ1) is 7.70. The van der Waals surface area contributed by atoms with Crippen molar-refractivity contribution in [3.8, 4) is 0 Å². The lowest BCUT2D eigenvalue weighted by Crippen LogP contribution is -1.91. The molecule has 0 fully saturated rings. The second kappa shape index (κ2) is 4.85. The fourth-order valence-corrected chi connectivity index (χ4v) is 3.69. The largest absolute Gasteiger partial charge is 0.135 e. The van der Waals surface area contributed by atoms with E-state index in [2.05, 4.69) is 29.1 Å². The fourth-order valence-electron chi connectivity index (χ4n) is 0.507. The van der Waals surface area contributed by atoms with Crippen LogP contribution in [0.3, 0.4) is 0 Å². The predicted octanol–water partition coefficient (Wildman–Crippen LogP) is 2.07. The Bertz CT molecular complexity index is 29.6. The molecule has 0 bridgehead atoms. The monoisotopic (exact) mass is 180 g/mol. The molecule has 0 saturated heterocycles. The Kier molecular flexibility index (Phi) is 5.33. The van der Waals surface area contributed by atoms with Gasteiger partial charge in [-0.1, -0.05) is 26.7 Å². The van der Waals surface area contributed by atoms with Crippen LogP contribution in [-0.4, -0.2) is 8.14 Å². The van der Waals surface area contributed by atoms with Crippen molar-refractivity contribution >= 4 is 23.4 Å². The Hall–Kier alpha value is 0.697. The van der Waals surface area contributed by atoms with Crippen LogP contribution in [0, 0.1) is 0 Å². The molecule has 0 spiro atoms. The first-order valence-electron chi connectivity index (χ1n) is 2.91. The topological polar surface area (TPSA) is 0 Å². The first-order chi connectivity index (χ1) is 3.35. The Morgan fingerprint density at radius 1 is 1.43 bits per heavy atom. The van der Waals surface area contributed by atoms with Crippen molar-refractivity contribution in [2.24, 2.45) is 0 Å². The van der Waals surface area contributed by atoms with Crippen molar-refractivity contribution in [1.82, 2.24) is 0 Å². The number of hydrogen-bond acceptors (Lipinski definition) is 0. The average Bonchev–Trinajstić information content (AvgIpc) is 1.72. The average molecular weight is 181 g/mol. The van der Waals surface area contributed by atoms with E-state index in [4.69, 9.17) is 0 Å². The minimum atomic E-state index is 0.140. The fraction of sp³-hybridized carbons (Fsp3) is 1.00. The lowest BCUT2D eigenvalue weighted by molar-refractivity contribution is 0.767. The lowest BCUT2D eigenvalue weighted by Gasteiger charge is -2.03. The van der Waals surface area contributed by atoms with Gasteiger partial charge in [-0.25, -0.2) is 0 Å². The van der Waals surface area contributed by atoms with Gasteiger partial charge >= 0.3 is 0 Å². The lowest BCUT2D eigenvalue weighted by atomic mass is 10.3. The van der Waals surface area contributed by atoms with Crippen LogP contribution >= 0.6 is 15.3 Å². The molecular formula is C5H13BrSi. The van der Waals surface area contributed by atoms with Gasteiger partial charge in [-0.15, -0.1) is 15.3 Å². The van der Waals surface area contributed by atoms with Crippen LogP contribution in [0.15, 0.2) is 0 Å². The van der Waals surface area contributed by atoms with E-state index in [0.29, 0.717) is 0 Å². The van der Waals surface area contributed by atoms with E-state index in [0.717, 1.165) is 5.54 Å². The number of hydrogen-bond donors (Lipinski definition) is 0. The summed E-state index contributed by atoms with van der Waals surface area (Å²) < 4.78 is 0. The third-order valence-corrected chi connectivity index (χ3v) is 5.71. The van der Waals surface area contributed by atoms with Gasteiger partial charge in [-0.2, -0.15) is 0 Å². The molecule has 0 saturated carbocycles. The Morgan fingerprint density at radius 3 is 1.86 bits per heavy atom. The third kappa shape index (κ3) is 3.29. The van der Waals surface area contributed by atoms with E-state index >= 15 is 0 Å². The molecule has 0 aromatic carbocycles. The number of rotatable bonds is 3. The summed E-state index contributed by atoms with van der Waals surface area (Å²) >= 11 is 3.58. The van der Waals surface area contributed by atoms with E-state index < -0.39 is 0 Å². The quantitative estimate of drug-likeness (QED) is 0.462. The molecule has 44 valence electrons. The Balaban J connectivity index is 2.99. The molecule has 0 aromatic heterocycles. The predicted molar refractivity (Wildman–Crippen MR) is 41.8 cm³/mol. The molecule has 0 heterocycles. The van der Waals surface area contributed by atoms with Crippen molar-refractivity contribution in [2.45, 2.75) is 32.2 Å². The summed E-state index contributed by atoms with van der Waals surface area (Å²) in [4.78, 5) is 0. The molecular weight excluding hydrogens is 168 g/mol. The smallest absolute Gasteiger partial charge is 0.102 e. The molecule has 0 aliphatic rings. The van der Waals surface area contributed by atoms with Gasteiger partial charge in [0.15, 0.2) is 0 Å². The molecule has 0 nitrogen and oxygen atoms in total. The zero-order valence-corrected chi connectivity index (χ0v) is 8.08. The van der Waals surface area contributed by atoms with Gasteiger partial charge in [-0.3, -0.25) is 0 Å². The van der Waals surface area contributed by atoms with Gasteiger partial charge < -0.3 is 0 Å². The van der Waals surface area contributed by atoms with Crippen molar-refractivity contribution in [1.29, 1.82) is 0 Å². The van der Waals surface area contributed by atoms with Crippen molar-refractivity contribution in [3.05, 3.63) is 0 Å². The second-order valence-corrected chi connectivity index (χ2v) is 5.24. The van der Waals surface area contributed by atoms with Gasteiger partial charge in [0, 0.05) is 0 Å². The Morgan fingerprint density at radius 2 is 1.86 bits per heavy atom. The highest BCUT2D eigenvalue weighted by atomic mass is 79.9. The molecule has 0 aromatic rings. The van der Waals surface area contributed by atoms with Crippen LogP contribution in [0.1, 0.15) is 26.7 Å². The van der Waals surface area contributed by atoms with Gasteiger partial charge in [0.05, 0.1) is 0 Å². The molecule has 0 unspecified atom stereocenters. The van der Waals surface area contributed by atoms with Crippen LogP contribution < -0.4 is 0 Å². The summed E-state index contributed by atoms with van der Waals surface area (Å²) in [5.74, 6) is 0. The molecule has 0 aliphatic carbocycles. The SMILES string of the molecule is CCC(CC)[SiH2]Br. The standard InChI is InChI=1S/C5H13BrSi/c1-3-5(4-2)7-6/h5H,3-4,7H2,1-2H3. The summed E-state index contributed by atoms with van der Waals surface area (Å²) in [6.07, 6.45) is 2.74. The van der Waals surface area contributed by atoms with Crippen LogP contribution in [0.25, 0.3) is 0 Å². The summed E-state index contributed by atoms with van der Waals surface area (Å²) in [6, 6.07) is 0. The van der Waals surface area contributed by atoms with E-state index in [1.165, 1.54) is 12.8 Å². The maximum atomic E-state index is 3.58. The molecule has 0 N–H and O–H groups in total. The van der Waals surface area contributed by atoms with Crippen molar-refractivity contribution in [3.63, 3.8) is 0 Å². The maximum absolute atomic E-state index is 3.58. The maximum Gasteiger partial charge on any atom is 0.102 e. The molecule has 0 atom stereocenters. The zero-order valence-electron chi connectivity index (χ0n) is 5.08. The summed E-state index contributed by atoms with van der Waals surface area (Å²) in [5, 5.41) is 0. The van der Waals surface area contributed by atoms with E-state index in [-0.39, 0.29) is 8.14 Å². The summed E-state index contributed by atoms with van der Waals surface area (Å²) in [7, 11) is 0.140. The van der Waals surface area contributed by atoms with Crippen LogP contribution in [-0.2, 0) is 0 Å². The minimum Gasteiger partial charge on any atom is -0.135 e. The van der Waals surface area contributed by atoms with E-state index in [1.807, 2.05) is 0 Å². The highest BCUT2D eigenvalue weighted by molar-refractivity contribution is 9.23. The van der Waals surface area contributed by atoms with Crippen molar-refractivity contribution in [2.75, 3.05) is 0 Å². The summed E-state index contributed by atoms with van der Waals surface area (Å²) in [6.45, 7) is 4.53. The molecule has 7 heavy (non-hydrogen) atoms. The molecule has 0 amide bonds. The van der Waals surface area contributed by atoms with Crippen molar-refractivity contribution < 1.29 is 0 Å². The van der Waals surface area contributed by atoms with Crippen LogP contribution in [0.4, 0.5) is 0 Å². The number of halogens is 1. The minimum absolute atomic E-state index is 0.140. The van der Waals surface area contributed by atoms with Gasteiger partial charge in [0.2, 0.25) is 0 Å². The first-order valence-corrected chi connectivity index (χ1v) is 7.62. The Labute approximate surface area is 56.1 Å². The van der Waals surface area contributed by atoms with Crippen LogP contribution in [0.2, 0.25) is 5.54 Å². The van der Waals surface area contributed by atoms with E-state index in [1.54, 1.807) is 0 Å². The summed E-state index contributed by atoms with van der Waals surface area (Å²) in [5.41, 5.74) is 1.04. The third-order valence-electron chi connectivity index (χ3n) is 1.37. The highest BCUT2D eigenvalue weighted by Gasteiger charge is 1.98. The van der Waals surface area contributed by atoms with E-state index in [9.17, 15) is 0 Å². The van der Waals surface area contributed by atoms with Gasteiger partial charge in [0.25, 0.3) is 0 Å². The normalized spacial score (nSPS) is 12.0. The molecule has 0 rings (SSSR count). The second-order valence-electron chi connectivity index (χ2n) is 1.84. The zero-order chi connectivity index (χ0) is 5.70. The molecule has 0 aliphatic heterocycles. The highest BCUT2D eigenvalue weighted by Crippen LogP contribution is 2.14.